The van der Waals surface area contributed by atoms with Crippen molar-refractivity contribution in [2.45, 2.75) is 51.7 Å². The lowest BCUT2D eigenvalue weighted by atomic mass is 10.1. The van der Waals surface area contributed by atoms with Crippen molar-refractivity contribution < 1.29 is 14.5 Å². The smallest absolute Gasteiger partial charge is 0.306 e. The van der Waals surface area contributed by atoms with Crippen molar-refractivity contribution in [1.82, 2.24) is 5.32 Å². The van der Waals surface area contributed by atoms with Gasteiger partial charge < -0.3 is 15.4 Å². The maximum absolute atomic E-state index is 11.1. The molecule has 8 heteroatoms. The van der Waals surface area contributed by atoms with E-state index in [2.05, 4.69) is 31.3 Å². The summed E-state index contributed by atoms with van der Waals surface area (Å²) in [6.45, 7) is 7.91. The zero-order chi connectivity index (χ0) is 18.9. The summed E-state index contributed by atoms with van der Waals surface area (Å²) < 4.78 is 5.07. The molecule has 0 aliphatic carbocycles. The Morgan fingerprint density at radius 3 is 2.64 bits per heavy atom. The number of carbonyl (C=O) groups is 1. The Morgan fingerprint density at radius 2 is 2.08 bits per heavy atom. The number of hydrogen-bond acceptors (Lipinski definition) is 6. The molecule has 140 valence electrons. The summed E-state index contributed by atoms with van der Waals surface area (Å²) in [7, 11) is 0. The third-order valence-corrected chi connectivity index (χ3v) is 4.15. The minimum atomic E-state index is -0.346. The second kappa shape index (κ2) is 10.4. The standard InChI is InChI=1S/C12H16BrN3O2.C5H10O2/c13-10-4-1-5-11(12(10)16(17)18)15-9-3-2-7-14-8-6-9;1-5(2,3)7-4-6/h1,4-5,9,14-15H,2-3,6-8H2;4H,1-3H3. The molecule has 1 heterocycles. The van der Waals surface area contributed by atoms with Crippen LogP contribution in [0.5, 0.6) is 0 Å². The van der Waals surface area contributed by atoms with Gasteiger partial charge in [-0.1, -0.05) is 6.07 Å². The summed E-state index contributed by atoms with van der Waals surface area (Å²) >= 11 is 3.23. The SMILES string of the molecule is CC(C)(C)OC=O.O=[N+]([O-])c1c(Br)cccc1NC1CCCNCC1. The van der Waals surface area contributed by atoms with Crippen LogP contribution in [0, 0.1) is 10.1 Å². The van der Waals surface area contributed by atoms with Crippen molar-refractivity contribution in [3.05, 3.63) is 32.8 Å². The molecule has 0 aromatic heterocycles. The summed E-state index contributed by atoms with van der Waals surface area (Å²) in [4.78, 5) is 20.3. The number of benzene rings is 1. The Kier molecular flexibility index (Phi) is 8.85. The van der Waals surface area contributed by atoms with Gasteiger partial charge in [-0.2, -0.15) is 0 Å². The predicted molar refractivity (Wildman–Crippen MR) is 102 cm³/mol. The topological polar surface area (TPSA) is 93.5 Å². The number of para-hydroxylation sites is 1. The molecule has 0 amide bonds. The number of ether oxygens (including phenoxy) is 1. The fraction of sp³-hybridized carbons (Fsp3) is 0.588. The van der Waals surface area contributed by atoms with E-state index in [1.165, 1.54) is 0 Å². The highest BCUT2D eigenvalue weighted by Gasteiger charge is 2.20. The Balaban J connectivity index is 0.000000381. The molecule has 1 aromatic carbocycles. The van der Waals surface area contributed by atoms with Crippen molar-refractivity contribution in [3.8, 4) is 0 Å². The van der Waals surface area contributed by atoms with Crippen LogP contribution in [-0.4, -0.2) is 36.1 Å². The minimum Gasteiger partial charge on any atom is -0.462 e. The molecular weight excluding hydrogens is 390 g/mol. The monoisotopic (exact) mass is 415 g/mol. The second-order valence-electron chi connectivity index (χ2n) is 6.74. The molecule has 1 aromatic rings. The van der Waals surface area contributed by atoms with Gasteiger partial charge in [-0.25, -0.2) is 0 Å². The number of anilines is 1. The molecule has 0 saturated carbocycles. The van der Waals surface area contributed by atoms with Gasteiger partial charge in [-0.15, -0.1) is 0 Å². The van der Waals surface area contributed by atoms with Crippen molar-refractivity contribution in [1.29, 1.82) is 0 Å². The average molecular weight is 416 g/mol. The van der Waals surface area contributed by atoms with E-state index in [0.29, 0.717) is 22.7 Å². The maximum atomic E-state index is 11.1. The molecule has 0 bridgehead atoms. The van der Waals surface area contributed by atoms with Crippen LogP contribution >= 0.6 is 15.9 Å². The summed E-state index contributed by atoms with van der Waals surface area (Å²) in [6, 6.07) is 5.57. The van der Waals surface area contributed by atoms with Gasteiger partial charge in [0.05, 0.1) is 9.40 Å². The van der Waals surface area contributed by atoms with Gasteiger partial charge in [0.25, 0.3) is 6.47 Å². The number of nitro benzene ring substituents is 1. The Morgan fingerprint density at radius 1 is 1.36 bits per heavy atom. The summed E-state index contributed by atoms with van der Waals surface area (Å²) in [5.74, 6) is 0. The van der Waals surface area contributed by atoms with Gasteiger partial charge in [-0.3, -0.25) is 14.9 Å². The van der Waals surface area contributed by atoms with E-state index < -0.39 is 0 Å². The lowest BCUT2D eigenvalue weighted by Crippen LogP contribution is -2.22. The Labute approximate surface area is 156 Å². The molecule has 1 aliphatic rings. The molecule has 1 aliphatic heterocycles. The Hall–Kier alpha value is -1.67. The largest absolute Gasteiger partial charge is 0.462 e. The van der Waals surface area contributed by atoms with Gasteiger partial charge in [-0.05, 0) is 81.2 Å². The van der Waals surface area contributed by atoms with E-state index in [4.69, 9.17) is 0 Å². The third-order valence-electron chi connectivity index (χ3n) is 3.51. The zero-order valence-corrected chi connectivity index (χ0v) is 16.5. The highest BCUT2D eigenvalue weighted by Crippen LogP contribution is 2.33. The fourth-order valence-corrected chi connectivity index (χ4v) is 2.86. The van der Waals surface area contributed by atoms with E-state index in [1.54, 1.807) is 12.1 Å². The normalized spacial score (nSPS) is 17.5. The van der Waals surface area contributed by atoms with Crippen LogP contribution in [0.4, 0.5) is 11.4 Å². The van der Waals surface area contributed by atoms with Crippen molar-refractivity contribution in [3.63, 3.8) is 0 Å². The van der Waals surface area contributed by atoms with Crippen molar-refractivity contribution in [2.24, 2.45) is 0 Å². The van der Waals surface area contributed by atoms with E-state index in [0.717, 1.165) is 32.4 Å². The molecule has 2 rings (SSSR count). The first kappa shape index (κ1) is 21.4. The first-order valence-corrected chi connectivity index (χ1v) is 9.05. The molecule has 7 nitrogen and oxygen atoms in total. The quantitative estimate of drug-likeness (QED) is 0.440. The van der Waals surface area contributed by atoms with Crippen molar-refractivity contribution in [2.75, 3.05) is 18.4 Å². The first-order chi connectivity index (χ1) is 11.7. The molecule has 2 N–H and O–H groups in total. The van der Waals surface area contributed by atoms with Gasteiger partial charge in [0, 0.05) is 6.04 Å². The minimum absolute atomic E-state index is 0.120. The Bertz CT molecular complexity index is 568. The molecule has 0 radical (unpaired) electrons. The molecule has 1 atom stereocenters. The molecule has 1 saturated heterocycles. The number of nitro groups is 1. The first-order valence-electron chi connectivity index (χ1n) is 8.26. The summed E-state index contributed by atoms with van der Waals surface area (Å²) in [6.07, 6.45) is 3.12. The number of hydrogen-bond donors (Lipinski definition) is 2. The number of carbonyl (C=O) groups excluding carboxylic acids is 1. The van der Waals surface area contributed by atoms with Gasteiger partial charge in [0.2, 0.25) is 0 Å². The molecule has 0 spiro atoms. The van der Waals surface area contributed by atoms with Crippen LogP contribution in [-0.2, 0) is 9.53 Å². The lowest BCUT2D eigenvalue weighted by molar-refractivity contribution is -0.384. The van der Waals surface area contributed by atoms with E-state index >= 15 is 0 Å². The van der Waals surface area contributed by atoms with Crippen LogP contribution in [0.2, 0.25) is 0 Å². The van der Waals surface area contributed by atoms with E-state index in [1.807, 2.05) is 26.8 Å². The van der Waals surface area contributed by atoms with Crippen LogP contribution in [0.3, 0.4) is 0 Å². The summed E-state index contributed by atoms with van der Waals surface area (Å²) in [5.41, 5.74) is 0.401. The van der Waals surface area contributed by atoms with Crippen LogP contribution in [0.25, 0.3) is 0 Å². The van der Waals surface area contributed by atoms with Crippen molar-refractivity contribution >= 4 is 33.8 Å². The molecular formula is C17H26BrN3O4. The fourth-order valence-electron chi connectivity index (χ4n) is 2.35. The van der Waals surface area contributed by atoms with Crippen LogP contribution < -0.4 is 10.6 Å². The maximum Gasteiger partial charge on any atom is 0.306 e. The number of halogens is 1. The lowest BCUT2D eigenvalue weighted by Gasteiger charge is -2.17. The molecule has 1 unspecified atom stereocenters. The van der Waals surface area contributed by atoms with E-state index in [-0.39, 0.29) is 16.2 Å². The highest BCUT2D eigenvalue weighted by atomic mass is 79.9. The molecule has 25 heavy (non-hydrogen) atoms. The molecule has 1 fully saturated rings. The predicted octanol–water partition coefficient (Wildman–Crippen LogP) is 3.87. The van der Waals surface area contributed by atoms with Gasteiger partial charge in [0.1, 0.15) is 11.3 Å². The van der Waals surface area contributed by atoms with Crippen LogP contribution in [0.1, 0.15) is 40.0 Å². The number of rotatable bonds is 4. The highest BCUT2D eigenvalue weighted by molar-refractivity contribution is 9.10. The van der Waals surface area contributed by atoms with Gasteiger partial charge in [0.15, 0.2) is 0 Å². The van der Waals surface area contributed by atoms with Gasteiger partial charge >= 0.3 is 5.69 Å². The van der Waals surface area contributed by atoms with E-state index in [9.17, 15) is 14.9 Å². The van der Waals surface area contributed by atoms with Crippen LogP contribution in [0.15, 0.2) is 22.7 Å². The number of nitrogens with one attached hydrogen (secondary N) is 2. The average Bonchev–Trinajstić information content (AvgIpc) is 2.75. The summed E-state index contributed by atoms with van der Waals surface area (Å²) in [5, 5.41) is 17.7. The third kappa shape index (κ3) is 8.31. The number of nitrogens with zero attached hydrogens (tertiary/aromatic N) is 1. The second-order valence-corrected chi connectivity index (χ2v) is 7.60. The zero-order valence-electron chi connectivity index (χ0n) is 14.9.